The van der Waals surface area contributed by atoms with Gasteiger partial charge >= 0.3 is 163 Å². The molecular formula is C21H20IN2O2-. The molecule has 4 nitrogen and oxygen atoms in total. The Kier molecular flexibility index (Phi) is 5.56. The number of aromatic nitrogens is 1. The molecule has 3 rings (SSSR count). The molecule has 134 valence electrons. The molecule has 0 saturated heterocycles. The van der Waals surface area contributed by atoms with Gasteiger partial charge in [0, 0.05) is 0 Å². The Morgan fingerprint density at radius 1 is 1.08 bits per heavy atom. The first-order chi connectivity index (χ1) is 12.5. The molecule has 0 spiro atoms. The summed E-state index contributed by atoms with van der Waals surface area (Å²) in [6, 6.07) is 19.1. The van der Waals surface area contributed by atoms with Crippen LogP contribution < -0.4 is 31.7 Å². The number of benzene rings is 2. The number of hydrogen-bond acceptors (Lipinski definition) is 2. The Bertz CT molecular complexity index is 1040. The first kappa shape index (κ1) is 18.4. The van der Waals surface area contributed by atoms with Crippen LogP contribution >= 0.6 is 0 Å². The number of carbonyl (C=O) groups excluding carboxylic acids is 1. The SMILES string of the molecule is C[I-]C(=CC(=O)N(C)c1ccc2c(ccc(=O)n2C)c1)c1ccccc1. The number of carbonyl (C=O) groups is 1. The molecule has 0 saturated carbocycles. The summed E-state index contributed by atoms with van der Waals surface area (Å²) in [5.74, 6) is -0.0467. The standard InChI is InChI=1S/C21H20IN2O2/c1-22-18(15-7-5-4-6-8-15)14-21(26)23(2)17-10-11-19-16(13-17)9-12-20(25)24(19)3/h4-14H,1-3H3/q-1. The van der Waals surface area contributed by atoms with Gasteiger partial charge in [0.25, 0.3) is 0 Å². The van der Waals surface area contributed by atoms with Crippen molar-refractivity contribution in [2.24, 2.45) is 7.05 Å². The molecule has 0 unspecified atom stereocenters. The third kappa shape index (κ3) is 3.72. The predicted octanol–water partition coefficient (Wildman–Crippen LogP) is 0.261. The maximum absolute atomic E-state index is 12.8. The number of likely N-dealkylation sites (N-methyl/N-ethyl adjacent to an activating group) is 1. The Morgan fingerprint density at radius 2 is 1.81 bits per heavy atom. The molecule has 26 heavy (non-hydrogen) atoms. The summed E-state index contributed by atoms with van der Waals surface area (Å²) in [6.45, 7) is 0. The number of halogens is 1. The zero-order valence-electron chi connectivity index (χ0n) is 14.9. The summed E-state index contributed by atoms with van der Waals surface area (Å²) in [4.78, 5) is 28.3. The second kappa shape index (κ2) is 7.86. The van der Waals surface area contributed by atoms with Crippen LogP contribution in [-0.4, -0.2) is 22.5 Å². The molecule has 0 radical (unpaired) electrons. The van der Waals surface area contributed by atoms with E-state index in [9.17, 15) is 9.59 Å². The number of rotatable bonds is 4. The van der Waals surface area contributed by atoms with Crippen LogP contribution in [0, 0.1) is 0 Å². The maximum atomic E-state index is 12.8. The van der Waals surface area contributed by atoms with E-state index in [2.05, 4.69) is 4.93 Å². The van der Waals surface area contributed by atoms with E-state index in [0.717, 1.165) is 25.7 Å². The van der Waals surface area contributed by atoms with Gasteiger partial charge in [-0.3, -0.25) is 0 Å². The van der Waals surface area contributed by atoms with E-state index >= 15 is 0 Å². The zero-order valence-corrected chi connectivity index (χ0v) is 17.1. The molecule has 3 aromatic rings. The summed E-state index contributed by atoms with van der Waals surface area (Å²) in [7, 11) is 3.53. The van der Waals surface area contributed by atoms with Crippen molar-refractivity contribution in [2.75, 3.05) is 16.9 Å². The van der Waals surface area contributed by atoms with Gasteiger partial charge in [-0.2, -0.15) is 0 Å². The normalized spacial score (nSPS) is 11.7. The average Bonchev–Trinajstić information content (AvgIpc) is 2.68. The van der Waals surface area contributed by atoms with Crippen LogP contribution in [0.4, 0.5) is 5.69 Å². The van der Waals surface area contributed by atoms with E-state index in [4.69, 9.17) is 0 Å². The van der Waals surface area contributed by atoms with Gasteiger partial charge < -0.3 is 0 Å². The molecule has 0 N–H and O–H groups in total. The van der Waals surface area contributed by atoms with Crippen molar-refractivity contribution in [3.63, 3.8) is 0 Å². The average molecular weight is 459 g/mol. The van der Waals surface area contributed by atoms with Crippen LogP contribution in [0.25, 0.3) is 14.5 Å². The van der Waals surface area contributed by atoms with Crippen molar-refractivity contribution in [3.8, 4) is 0 Å². The van der Waals surface area contributed by atoms with E-state index < -0.39 is 0 Å². The predicted molar refractivity (Wildman–Crippen MR) is 103 cm³/mol. The van der Waals surface area contributed by atoms with E-state index in [1.165, 1.54) is 0 Å². The molecule has 1 aromatic heterocycles. The van der Waals surface area contributed by atoms with Crippen LogP contribution in [0.3, 0.4) is 0 Å². The molecule has 0 atom stereocenters. The molecule has 0 aliphatic carbocycles. The zero-order chi connectivity index (χ0) is 18.7. The third-order valence-electron chi connectivity index (χ3n) is 4.33. The molecule has 1 amide bonds. The van der Waals surface area contributed by atoms with Crippen molar-refractivity contribution in [1.29, 1.82) is 0 Å². The molecule has 2 aromatic carbocycles. The fourth-order valence-electron chi connectivity index (χ4n) is 2.76. The van der Waals surface area contributed by atoms with E-state index in [-0.39, 0.29) is 32.7 Å². The van der Waals surface area contributed by atoms with Gasteiger partial charge in [0.1, 0.15) is 0 Å². The van der Waals surface area contributed by atoms with Crippen molar-refractivity contribution >= 4 is 26.1 Å². The van der Waals surface area contributed by atoms with Crippen LogP contribution in [0.5, 0.6) is 0 Å². The molecule has 0 aliphatic heterocycles. The van der Waals surface area contributed by atoms with E-state index in [1.807, 2.05) is 48.5 Å². The summed E-state index contributed by atoms with van der Waals surface area (Å²) in [5, 5.41) is 0.930. The number of aryl methyl sites for hydroxylation is 1. The number of fused-ring (bicyclic) bond motifs is 1. The van der Waals surface area contributed by atoms with Crippen molar-refractivity contribution < 1.29 is 26.0 Å². The minimum absolute atomic E-state index is 0.0445. The number of alkyl halides is 1. The summed E-state index contributed by atoms with van der Waals surface area (Å²) in [5.41, 5.74) is 2.72. The van der Waals surface area contributed by atoms with Gasteiger partial charge in [0.05, 0.1) is 0 Å². The second-order valence-corrected chi connectivity index (χ2v) is 8.16. The van der Waals surface area contributed by atoms with Crippen LogP contribution in [-0.2, 0) is 11.8 Å². The Morgan fingerprint density at radius 3 is 2.50 bits per heavy atom. The Hall–Kier alpha value is -2.41. The van der Waals surface area contributed by atoms with Crippen LogP contribution in [0.15, 0.2) is 71.5 Å². The molecule has 0 fully saturated rings. The van der Waals surface area contributed by atoms with Gasteiger partial charge in [-0.05, 0) is 0 Å². The van der Waals surface area contributed by atoms with Gasteiger partial charge in [-0.15, -0.1) is 0 Å². The van der Waals surface area contributed by atoms with Gasteiger partial charge in [0.2, 0.25) is 0 Å². The fourth-order valence-corrected chi connectivity index (χ4v) is 4.32. The van der Waals surface area contributed by atoms with Crippen molar-refractivity contribution in [1.82, 2.24) is 4.57 Å². The number of anilines is 1. The molecule has 0 bridgehead atoms. The quantitative estimate of drug-likeness (QED) is 0.319. The van der Waals surface area contributed by atoms with Gasteiger partial charge in [-0.1, -0.05) is 0 Å². The van der Waals surface area contributed by atoms with Crippen LogP contribution in [0.1, 0.15) is 5.56 Å². The number of pyridine rings is 1. The Balaban J connectivity index is 1.93. The first-order valence-electron chi connectivity index (χ1n) is 8.15. The van der Waals surface area contributed by atoms with Gasteiger partial charge in [0.15, 0.2) is 0 Å². The van der Waals surface area contributed by atoms with Gasteiger partial charge in [-0.25, -0.2) is 0 Å². The van der Waals surface area contributed by atoms with E-state index in [1.54, 1.807) is 41.8 Å². The number of hydrogen-bond donors (Lipinski definition) is 0. The molecule has 0 aliphatic rings. The number of nitrogens with zero attached hydrogens (tertiary/aromatic N) is 2. The third-order valence-corrected chi connectivity index (χ3v) is 6.43. The van der Waals surface area contributed by atoms with Crippen molar-refractivity contribution in [2.45, 2.75) is 0 Å². The Labute approximate surface area is 163 Å². The molecular weight excluding hydrogens is 439 g/mol. The van der Waals surface area contributed by atoms with E-state index in [0.29, 0.717) is 0 Å². The summed E-state index contributed by atoms with van der Waals surface area (Å²) < 4.78 is 2.72. The first-order valence-corrected chi connectivity index (χ1v) is 11.4. The topological polar surface area (TPSA) is 42.3 Å². The second-order valence-electron chi connectivity index (χ2n) is 5.92. The monoisotopic (exact) mass is 459 g/mol. The number of amides is 1. The fraction of sp³-hybridized carbons (Fsp3) is 0.143. The summed E-state index contributed by atoms with van der Waals surface area (Å²) >= 11 is -0.228. The summed E-state index contributed by atoms with van der Waals surface area (Å²) in [6.07, 6.45) is 1.74. The molecule has 1 heterocycles. The van der Waals surface area contributed by atoms with Crippen molar-refractivity contribution in [3.05, 3.63) is 82.7 Å². The minimum atomic E-state index is -0.228. The molecule has 5 heteroatoms. The van der Waals surface area contributed by atoms with Crippen LogP contribution in [0.2, 0.25) is 0 Å².